The number of carbonyl (C=O) groups is 5. The van der Waals surface area contributed by atoms with E-state index in [1.54, 1.807) is 18.2 Å². The predicted molar refractivity (Wildman–Crippen MR) is 195 cm³/mol. The Kier molecular flexibility index (Phi) is 9.08. The lowest BCUT2D eigenvalue weighted by molar-refractivity contribution is -0.136. The highest BCUT2D eigenvalue weighted by molar-refractivity contribution is 7.99. The Morgan fingerprint density at radius 2 is 1.64 bits per heavy atom. The summed E-state index contributed by atoms with van der Waals surface area (Å²) in [7, 11) is 0. The Labute approximate surface area is 307 Å². The van der Waals surface area contributed by atoms with E-state index in [0.29, 0.717) is 64.9 Å². The monoisotopic (exact) mass is 730 g/mol. The zero-order valence-corrected chi connectivity index (χ0v) is 29.3. The highest BCUT2D eigenvalue weighted by atomic mass is 32.2. The second-order valence-electron chi connectivity index (χ2n) is 13.0. The molecule has 3 aromatic carbocycles. The van der Waals surface area contributed by atoms with Crippen LogP contribution in [-0.2, 0) is 14.4 Å². The minimum Gasteiger partial charge on any atom is -0.457 e. The van der Waals surface area contributed by atoms with Crippen molar-refractivity contribution in [2.24, 2.45) is 0 Å². The van der Waals surface area contributed by atoms with Crippen molar-refractivity contribution in [3.8, 4) is 22.8 Å². The quantitative estimate of drug-likeness (QED) is 0.160. The van der Waals surface area contributed by atoms with Gasteiger partial charge in [0.1, 0.15) is 35.4 Å². The van der Waals surface area contributed by atoms with Crippen LogP contribution < -0.4 is 15.8 Å². The minimum absolute atomic E-state index is 0.00788. The number of hydrogen-bond donors (Lipinski definition) is 2. The third-order valence-electron chi connectivity index (χ3n) is 9.79. The molecule has 53 heavy (non-hydrogen) atoms. The van der Waals surface area contributed by atoms with Crippen LogP contribution in [0.5, 0.6) is 11.5 Å². The molecule has 2 fully saturated rings. The normalized spacial score (nSPS) is 17.7. The van der Waals surface area contributed by atoms with Crippen molar-refractivity contribution in [1.29, 1.82) is 0 Å². The average molecular weight is 731 g/mol. The van der Waals surface area contributed by atoms with E-state index in [-0.39, 0.29) is 42.3 Å². The van der Waals surface area contributed by atoms with Gasteiger partial charge in [-0.1, -0.05) is 24.3 Å². The summed E-state index contributed by atoms with van der Waals surface area (Å²) in [6.07, 6.45) is 3.14. The molecule has 5 aromatic rings. The van der Waals surface area contributed by atoms with Crippen molar-refractivity contribution < 1.29 is 28.7 Å². The molecular formula is C38H34N8O6S. The first-order valence-electron chi connectivity index (χ1n) is 17.3. The van der Waals surface area contributed by atoms with Gasteiger partial charge in [0.05, 0.1) is 22.6 Å². The summed E-state index contributed by atoms with van der Waals surface area (Å²) in [4.78, 5) is 76.2. The molecule has 3 aliphatic rings. The number of carbonyl (C=O) groups excluding carboxylic acids is 5. The van der Waals surface area contributed by atoms with E-state index in [0.717, 1.165) is 16.2 Å². The summed E-state index contributed by atoms with van der Waals surface area (Å²) in [6, 6.07) is 21.1. The topological polar surface area (TPSA) is 183 Å². The number of nitrogens with two attached hydrogens (primary N) is 1. The number of rotatable bonds is 9. The van der Waals surface area contributed by atoms with Gasteiger partial charge >= 0.3 is 0 Å². The summed E-state index contributed by atoms with van der Waals surface area (Å²) < 4.78 is 7.86. The van der Waals surface area contributed by atoms with Crippen LogP contribution in [0.2, 0.25) is 0 Å². The Hall–Kier alpha value is -6.09. The highest BCUT2D eigenvalue weighted by Gasteiger charge is 2.45. The van der Waals surface area contributed by atoms with Crippen LogP contribution in [0.1, 0.15) is 58.9 Å². The zero-order valence-electron chi connectivity index (χ0n) is 28.4. The average Bonchev–Trinajstić information content (AvgIpc) is 3.68. The number of aromatic nitrogens is 4. The third kappa shape index (κ3) is 6.48. The van der Waals surface area contributed by atoms with Crippen molar-refractivity contribution >= 4 is 58.1 Å². The number of amides is 5. The van der Waals surface area contributed by atoms with Gasteiger partial charge in [0.15, 0.2) is 5.65 Å². The minimum atomic E-state index is -1.04. The number of imide groups is 2. The van der Waals surface area contributed by atoms with Gasteiger partial charge in [-0.2, -0.15) is 5.10 Å². The molecule has 0 aliphatic carbocycles. The summed E-state index contributed by atoms with van der Waals surface area (Å²) in [5.74, 6) is -0.0438. The Morgan fingerprint density at radius 1 is 0.887 bits per heavy atom. The number of anilines is 1. The van der Waals surface area contributed by atoms with Crippen LogP contribution in [0.25, 0.3) is 22.3 Å². The molecule has 8 rings (SSSR count). The number of ether oxygens (including phenoxy) is 1. The molecule has 1 atom stereocenters. The molecule has 2 saturated heterocycles. The maximum absolute atomic E-state index is 13.4. The fraction of sp³-hybridized carbons (Fsp3) is 0.263. The first-order chi connectivity index (χ1) is 25.8. The van der Waals surface area contributed by atoms with Gasteiger partial charge in [-0.05, 0) is 67.8 Å². The van der Waals surface area contributed by atoms with Crippen LogP contribution >= 0.6 is 11.8 Å². The maximum Gasteiger partial charge on any atom is 0.263 e. The molecule has 15 heteroatoms. The second kappa shape index (κ2) is 14.1. The standard InChI is InChI=1S/C38H34N8O6S/c39-34-32-33(22-9-11-25(12-10-22)52-24-5-2-1-3-6-24)43-46(35(32)41-21-40-34)23-15-18-44(19-16-23)30(48)17-20-53-28-8-4-7-26-31(28)38(51)45(37(26)50)27-13-14-29(47)42-36(27)49/h1-12,21,23,27H,13-20H2,(H2,39,40,41)(H,42,47,49). The van der Waals surface area contributed by atoms with E-state index >= 15 is 0 Å². The largest absolute Gasteiger partial charge is 0.457 e. The number of para-hydroxylation sites is 1. The molecule has 0 saturated carbocycles. The molecule has 268 valence electrons. The van der Waals surface area contributed by atoms with Crippen LogP contribution in [0.3, 0.4) is 0 Å². The number of hydrogen-bond acceptors (Lipinski definition) is 11. The van der Waals surface area contributed by atoms with Gasteiger partial charge in [-0.3, -0.25) is 34.2 Å². The Morgan fingerprint density at radius 3 is 2.40 bits per heavy atom. The number of piperidine rings is 2. The Bertz CT molecular complexity index is 2270. The van der Waals surface area contributed by atoms with Crippen molar-refractivity contribution in [1.82, 2.24) is 34.9 Å². The van der Waals surface area contributed by atoms with E-state index < -0.39 is 29.7 Å². The fourth-order valence-electron chi connectivity index (χ4n) is 7.13. The predicted octanol–water partition coefficient (Wildman–Crippen LogP) is 4.61. The molecule has 14 nitrogen and oxygen atoms in total. The summed E-state index contributed by atoms with van der Waals surface area (Å²) >= 11 is 1.33. The Balaban J connectivity index is 0.902. The molecule has 5 heterocycles. The van der Waals surface area contributed by atoms with E-state index in [2.05, 4.69) is 15.3 Å². The number of benzene rings is 3. The lowest BCUT2D eigenvalue weighted by Gasteiger charge is -2.32. The SMILES string of the molecule is Nc1ncnc2c1c(-c1ccc(Oc3ccccc3)cc1)nn2C1CCN(C(=O)CCSc2cccc3c2C(=O)N(C2CCC(=O)NC2=O)C3=O)CC1. The molecule has 5 amide bonds. The van der Waals surface area contributed by atoms with E-state index in [1.165, 1.54) is 18.1 Å². The number of nitrogens with zero attached hydrogens (tertiary/aromatic N) is 6. The zero-order chi connectivity index (χ0) is 36.6. The van der Waals surface area contributed by atoms with Crippen molar-refractivity contribution in [3.63, 3.8) is 0 Å². The molecule has 1 unspecified atom stereocenters. The van der Waals surface area contributed by atoms with Crippen LogP contribution in [-0.4, -0.2) is 84.0 Å². The van der Waals surface area contributed by atoms with E-state index in [1.807, 2.05) is 64.2 Å². The van der Waals surface area contributed by atoms with Gasteiger partial charge in [-0.25, -0.2) is 14.6 Å². The van der Waals surface area contributed by atoms with Gasteiger partial charge in [0.25, 0.3) is 11.8 Å². The third-order valence-corrected chi connectivity index (χ3v) is 10.9. The van der Waals surface area contributed by atoms with Gasteiger partial charge in [0, 0.05) is 42.1 Å². The lowest BCUT2D eigenvalue weighted by Crippen LogP contribution is -2.54. The highest BCUT2D eigenvalue weighted by Crippen LogP contribution is 2.37. The molecule has 3 aliphatic heterocycles. The fourth-order valence-corrected chi connectivity index (χ4v) is 8.14. The lowest BCUT2D eigenvalue weighted by atomic mass is 10.0. The second-order valence-corrected chi connectivity index (χ2v) is 14.2. The molecule has 0 spiro atoms. The van der Waals surface area contributed by atoms with Crippen LogP contribution in [0.4, 0.5) is 5.82 Å². The van der Waals surface area contributed by atoms with Crippen molar-refractivity contribution in [3.05, 3.63) is 90.3 Å². The molecule has 2 aromatic heterocycles. The summed E-state index contributed by atoms with van der Waals surface area (Å²) in [6.45, 7) is 1.07. The van der Waals surface area contributed by atoms with E-state index in [9.17, 15) is 24.0 Å². The number of nitrogens with one attached hydrogen (secondary N) is 1. The maximum atomic E-state index is 13.4. The van der Waals surface area contributed by atoms with Crippen molar-refractivity contribution in [2.75, 3.05) is 24.6 Å². The molecule has 0 radical (unpaired) electrons. The number of likely N-dealkylation sites (tertiary alicyclic amines) is 1. The number of thioether (sulfide) groups is 1. The van der Waals surface area contributed by atoms with Gasteiger partial charge in [-0.15, -0.1) is 11.8 Å². The van der Waals surface area contributed by atoms with Gasteiger partial charge < -0.3 is 15.4 Å². The molecule has 3 N–H and O–H groups in total. The van der Waals surface area contributed by atoms with E-state index in [4.69, 9.17) is 15.6 Å². The van der Waals surface area contributed by atoms with Gasteiger partial charge in [0.2, 0.25) is 17.7 Å². The summed E-state index contributed by atoms with van der Waals surface area (Å²) in [5, 5.41) is 7.88. The number of nitrogen functional groups attached to an aromatic ring is 1. The number of fused-ring (bicyclic) bond motifs is 2. The summed E-state index contributed by atoms with van der Waals surface area (Å²) in [5.41, 5.74) is 8.97. The van der Waals surface area contributed by atoms with Crippen LogP contribution in [0.15, 0.2) is 84.0 Å². The molecule has 0 bridgehead atoms. The smallest absolute Gasteiger partial charge is 0.263 e. The van der Waals surface area contributed by atoms with Crippen molar-refractivity contribution in [2.45, 2.75) is 49.1 Å². The molecular weight excluding hydrogens is 697 g/mol. The first kappa shape index (κ1) is 34.0. The first-order valence-corrected chi connectivity index (χ1v) is 18.3. The van der Waals surface area contributed by atoms with Crippen LogP contribution in [0, 0.1) is 0 Å².